The Balaban J connectivity index is 2.23. The Bertz CT molecular complexity index is 106. The van der Waals surface area contributed by atoms with E-state index in [1.807, 2.05) is 0 Å². The molecule has 1 N–H and O–H groups in total. The number of rotatable bonds is 2. The maximum Gasteiger partial charge on any atom is 0.136 e. The normalized spacial score (nSPS) is 33.7. The lowest BCUT2D eigenvalue weighted by molar-refractivity contribution is -0.110. The van der Waals surface area contributed by atoms with Crippen LogP contribution in [0.2, 0.25) is 0 Å². The Morgan fingerprint density at radius 2 is 2.40 bits per heavy atom. The maximum atomic E-state index is 10.3. The van der Waals surface area contributed by atoms with Crippen molar-refractivity contribution < 1.29 is 4.79 Å². The van der Waals surface area contributed by atoms with Crippen molar-refractivity contribution in [3.05, 3.63) is 0 Å². The summed E-state index contributed by atoms with van der Waals surface area (Å²) in [5.41, 5.74) is 0. The van der Waals surface area contributed by atoms with Crippen LogP contribution in [0.3, 0.4) is 0 Å². The van der Waals surface area contributed by atoms with E-state index in [0.29, 0.717) is 0 Å². The van der Waals surface area contributed by atoms with E-state index in [2.05, 4.69) is 12.2 Å². The third-order valence-electron chi connectivity index (χ3n) is 2.30. The van der Waals surface area contributed by atoms with E-state index >= 15 is 0 Å². The minimum atomic E-state index is 0.141. The Kier molecular flexibility index (Phi) is 2.87. The fourth-order valence-corrected chi connectivity index (χ4v) is 1.40. The highest BCUT2D eigenvalue weighted by Gasteiger charge is 2.17. The zero-order valence-electron chi connectivity index (χ0n) is 6.47. The first kappa shape index (κ1) is 7.73. The van der Waals surface area contributed by atoms with Crippen molar-refractivity contribution in [3.8, 4) is 0 Å². The number of piperidine rings is 1. The molecule has 2 atom stereocenters. The van der Waals surface area contributed by atoms with Gasteiger partial charge in [-0.3, -0.25) is 0 Å². The predicted octanol–water partition coefficient (Wildman–Crippen LogP) is 0.964. The summed E-state index contributed by atoms with van der Waals surface area (Å²) in [6, 6.07) is 0.141. The van der Waals surface area contributed by atoms with Crippen LogP contribution >= 0.6 is 0 Å². The molecule has 0 aromatic carbocycles. The molecule has 0 aromatic rings. The molecule has 10 heavy (non-hydrogen) atoms. The number of carbonyl (C=O) groups excluding carboxylic acids is 1. The highest BCUT2D eigenvalue weighted by Crippen LogP contribution is 2.15. The molecule has 1 heterocycles. The Morgan fingerprint density at radius 1 is 1.60 bits per heavy atom. The van der Waals surface area contributed by atoms with E-state index in [1.165, 1.54) is 12.8 Å². The second-order valence-corrected chi connectivity index (χ2v) is 3.00. The third kappa shape index (κ3) is 1.81. The largest absolute Gasteiger partial charge is 0.307 e. The van der Waals surface area contributed by atoms with Gasteiger partial charge in [0.25, 0.3) is 0 Å². The zero-order valence-corrected chi connectivity index (χ0v) is 6.47. The van der Waals surface area contributed by atoms with E-state index in [1.54, 1.807) is 0 Å². The van der Waals surface area contributed by atoms with Crippen LogP contribution in [0.5, 0.6) is 0 Å². The smallest absolute Gasteiger partial charge is 0.136 e. The highest BCUT2D eigenvalue weighted by molar-refractivity contribution is 5.57. The van der Waals surface area contributed by atoms with Crippen molar-refractivity contribution in [1.82, 2.24) is 5.32 Å². The van der Waals surface area contributed by atoms with Gasteiger partial charge in [0.15, 0.2) is 0 Å². The number of hydrogen-bond acceptors (Lipinski definition) is 2. The predicted molar refractivity (Wildman–Crippen MR) is 40.9 cm³/mol. The molecule has 0 amide bonds. The highest BCUT2D eigenvalue weighted by atomic mass is 16.1. The average molecular weight is 141 g/mol. The summed E-state index contributed by atoms with van der Waals surface area (Å²) < 4.78 is 0. The lowest BCUT2D eigenvalue weighted by Gasteiger charge is -2.25. The molecular formula is C8H15NO. The Labute approximate surface area is 62.0 Å². The molecular weight excluding hydrogens is 126 g/mol. The van der Waals surface area contributed by atoms with Crippen LogP contribution in [0.25, 0.3) is 0 Å². The molecule has 2 unspecified atom stereocenters. The molecule has 1 saturated heterocycles. The summed E-state index contributed by atoms with van der Waals surface area (Å²) >= 11 is 0. The van der Waals surface area contributed by atoms with Crippen LogP contribution in [0, 0.1) is 5.92 Å². The van der Waals surface area contributed by atoms with Crippen LogP contribution in [-0.2, 0) is 4.79 Å². The molecule has 2 heteroatoms. The van der Waals surface area contributed by atoms with Gasteiger partial charge < -0.3 is 10.1 Å². The second-order valence-electron chi connectivity index (χ2n) is 3.00. The van der Waals surface area contributed by atoms with Gasteiger partial charge in [-0.25, -0.2) is 0 Å². The number of hydrogen-bond donors (Lipinski definition) is 1. The van der Waals surface area contributed by atoms with Gasteiger partial charge in [0.1, 0.15) is 6.29 Å². The molecule has 1 aliphatic rings. The Hall–Kier alpha value is -0.370. The summed E-state index contributed by atoms with van der Waals surface area (Å²) in [5.74, 6) is 0.802. The standard InChI is InChI=1S/C8H15NO/c1-2-7-3-4-8(6-10)9-5-7/h6-9H,2-5H2,1H3. The summed E-state index contributed by atoms with van der Waals surface area (Å²) in [6.07, 6.45) is 4.50. The van der Waals surface area contributed by atoms with Gasteiger partial charge in [0.05, 0.1) is 6.04 Å². The molecule has 1 rings (SSSR count). The van der Waals surface area contributed by atoms with Crippen LogP contribution < -0.4 is 5.32 Å². The first-order valence-electron chi connectivity index (χ1n) is 4.05. The van der Waals surface area contributed by atoms with Crippen molar-refractivity contribution in [2.45, 2.75) is 32.2 Å². The molecule has 2 nitrogen and oxygen atoms in total. The van der Waals surface area contributed by atoms with E-state index in [0.717, 1.165) is 25.2 Å². The van der Waals surface area contributed by atoms with Gasteiger partial charge in [0.2, 0.25) is 0 Å². The van der Waals surface area contributed by atoms with Crippen LogP contribution in [-0.4, -0.2) is 18.9 Å². The fraction of sp³-hybridized carbons (Fsp3) is 0.875. The van der Waals surface area contributed by atoms with Gasteiger partial charge in [-0.05, 0) is 25.3 Å². The number of nitrogens with one attached hydrogen (secondary N) is 1. The van der Waals surface area contributed by atoms with Crippen LogP contribution in [0.4, 0.5) is 0 Å². The SMILES string of the molecule is CCC1CCC(C=O)NC1. The van der Waals surface area contributed by atoms with Crippen molar-refractivity contribution in [2.24, 2.45) is 5.92 Å². The summed E-state index contributed by atoms with van der Waals surface area (Å²) in [5, 5.41) is 3.20. The quantitative estimate of drug-likeness (QED) is 0.580. The first-order valence-corrected chi connectivity index (χ1v) is 4.05. The molecule has 1 fully saturated rings. The van der Waals surface area contributed by atoms with E-state index in [4.69, 9.17) is 0 Å². The van der Waals surface area contributed by atoms with E-state index < -0.39 is 0 Å². The lowest BCUT2D eigenvalue weighted by Crippen LogP contribution is -2.39. The molecule has 58 valence electrons. The average Bonchev–Trinajstić information content (AvgIpc) is 2.05. The monoisotopic (exact) mass is 141 g/mol. The zero-order chi connectivity index (χ0) is 7.40. The molecule has 1 aliphatic heterocycles. The third-order valence-corrected chi connectivity index (χ3v) is 2.30. The van der Waals surface area contributed by atoms with Crippen LogP contribution in [0.15, 0.2) is 0 Å². The van der Waals surface area contributed by atoms with Crippen molar-refractivity contribution in [2.75, 3.05) is 6.54 Å². The topological polar surface area (TPSA) is 29.1 Å². The number of carbonyl (C=O) groups is 1. The fourth-order valence-electron chi connectivity index (χ4n) is 1.40. The number of aldehydes is 1. The van der Waals surface area contributed by atoms with Gasteiger partial charge in [0, 0.05) is 0 Å². The van der Waals surface area contributed by atoms with E-state index in [-0.39, 0.29) is 6.04 Å². The molecule has 0 aliphatic carbocycles. The van der Waals surface area contributed by atoms with Gasteiger partial charge in [-0.15, -0.1) is 0 Å². The lowest BCUT2D eigenvalue weighted by atomic mass is 9.93. The van der Waals surface area contributed by atoms with Crippen molar-refractivity contribution >= 4 is 6.29 Å². The van der Waals surface area contributed by atoms with Gasteiger partial charge >= 0.3 is 0 Å². The second kappa shape index (κ2) is 3.71. The molecule has 0 saturated carbocycles. The molecule has 0 aromatic heterocycles. The first-order chi connectivity index (χ1) is 4.86. The molecule has 0 radical (unpaired) electrons. The summed E-state index contributed by atoms with van der Waals surface area (Å²) in [7, 11) is 0. The minimum Gasteiger partial charge on any atom is -0.307 e. The molecule has 0 spiro atoms. The van der Waals surface area contributed by atoms with Gasteiger partial charge in [-0.2, -0.15) is 0 Å². The summed E-state index contributed by atoms with van der Waals surface area (Å²) in [6.45, 7) is 3.23. The Morgan fingerprint density at radius 3 is 2.80 bits per heavy atom. The maximum absolute atomic E-state index is 10.3. The van der Waals surface area contributed by atoms with E-state index in [9.17, 15) is 4.79 Å². The molecule has 0 bridgehead atoms. The minimum absolute atomic E-state index is 0.141. The van der Waals surface area contributed by atoms with Crippen LogP contribution in [0.1, 0.15) is 26.2 Å². The van der Waals surface area contributed by atoms with Crippen molar-refractivity contribution in [1.29, 1.82) is 0 Å². The van der Waals surface area contributed by atoms with Crippen molar-refractivity contribution in [3.63, 3.8) is 0 Å². The summed E-state index contributed by atoms with van der Waals surface area (Å²) in [4.78, 5) is 10.3. The van der Waals surface area contributed by atoms with Gasteiger partial charge in [-0.1, -0.05) is 13.3 Å².